The highest BCUT2D eigenvalue weighted by Crippen LogP contribution is 2.27. The van der Waals surface area contributed by atoms with Crippen LogP contribution in [0.15, 0.2) is 53.7 Å². The molecule has 0 saturated carbocycles. The van der Waals surface area contributed by atoms with Gasteiger partial charge < -0.3 is 4.90 Å². The Labute approximate surface area is 128 Å². The number of pyridine rings is 1. The molecular formula is C16H17N2O2S+. The van der Waals surface area contributed by atoms with Crippen LogP contribution < -0.4 is 9.63 Å². The van der Waals surface area contributed by atoms with E-state index in [1.54, 1.807) is 18.3 Å². The summed E-state index contributed by atoms with van der Waals surface area (Å²) in [5.74, 6) is 0.398. The zero-order valence-electron chi connectivity index (χ0n) is 11.6. The van der Waals surface area contributed by atoms with Crippen molar-refractivity contribution in [2.24, 2.45) is 0 Å². The van der Waals surface area contributed by atoms with Gasteiger partial charge in [-0.3, -0.25) is 10.0 Å². The Hall–Kier alpha value is -2.01. The molecule has 3 rings (SSSR count). The molecule has 1 aliphatic heterocycles. The van der Waals surface area contributed by atoms with Crippen LogP contribution in [0.2, 0.25) is 0 Å². The average Bonchev–Trinajstić information content (AvgIpc) is 2.53. The molecular weight excluding hydrogens is 284 g/mol. The summed E-state index contributed by atoms with van der Waals surface area (Å²) in [7, 11) is 0. The van der Waals surface area contributed by atoms with Gasteiger partial charge in [-0.05, 0) is 42.3 Å². The summed E-state index contributed by atoms with van der Waals surface area (Å²) in [4.78, 5) is 14.3. The van der Waals surface area contributed by atoms with Gasteiger partial charge >= 0.3 is 0 Å². The van der Waals surface area contributed by atoms with E-state index in [0.717, 1.165) is 29.8 Å². The third-order valence-corrected chi connectivity index (χ3v) is 4.57. The summed E-state index contributed by atoms with van der Waals surface area (Å²) in [6, 6.07) is 13.5. The number of aromatic nitrogens is 1. The molecule has 2 aromatic rings. The van der Waals surface area contributed by atoms with Gasteiger partial charge in [-0.15, -0.1) is 0 Å². The van der Waals surface area contributed by atoms with Crippen LogP contribution in [0.1, 0.15) is 12.0 Å². The van der Waals surface area contributed by atoms with Crippen LogP contribution in [-0.2, 0) is 11.2 Å². The quantitative estimate of drug-likeness (QED) is 0.537. The van der Waals surface area contributed by atoms with E-state index < -0.39 is 0 Å². The van der Waals surface area contributed by atoms with Crippen LogP contribution in [0.5, 0.6) is 0 Å². The highest BCUT2D eigenvalue weighted by molar-refractivity contribution is 7.99. The standard InChI is InChI=1S/C16H17N2O2S/c19-15(12-21-16-9-3-4-11-18(16)20)17-10-5-7-13-6-1-2-8-14(13)17/h1-4,6,8-9,11,20H,5,7,10,12H2/q+1. The van der Waals surface area contributed by atoms with Crippen LogP contribution >= 0.6 is 11.8 Å². The molecule has 5 heteroatoms. The summed E-state index contributed by atoms with van der Waals surface area (Å²) in [6.07, 6.45) is 3.59. The number of carbonyl (C=O) groups excluding carboxylic acids is 1. The van der Waals surface area contributed by atoms with Gasteiger partial charge in [-0.2, -0.15) is 0 Å². The van der Waals surface area contributed by atoms with Crippen LogP contribution in [-0.4, -0.2) is 23.4 Å². The van der Waals surface area contributed by atoms with E-state index in [0.29, 0.717) is 10.8 Å². The number of amides is 1. The smallest absolute Gasteiger partial charge is 0.291 e. The van der Waals surface area contributed by atoms with Crippen molar-refractivity contribution < 1.29 is 14.7 Å². The maximum Gasteiger partial charge on any atom is 0.291 e. The van der Waals surface area contributed by atoms with E-state index >= 15 is 0 Å². The third-order valence-electron chi connectivity index (χ3n) is 3.56. The first-order valence-electron chi connectivity index (χ1n) is 6.97. The number of thioether (sulfide) groups is 1. The predicted octanol–water partition coefficient (Wildman–Crippen LogP) is 2.28. The minimum atomic E-state index is 0.0796. The molecule has 0 spiro atoms. The fourth-order valence-electron chi connectivity index (χ4n) is 2.54. The van der Waals surface area contributed by atoms with Crippen LogP contribution in [0.4, 0.5) is 5.69 Å². The number of nitrogens with zero attached hydrogens (tertiary/aromatic N) is 2. The van der Waals surface area contributed by atoms with E-state index in [4.69, 9.17) is 0 Å². The Morgan fingerprint density at radius 3 is 2.90 bits per heavy atom. The number of rotatable bonds is 3. The van der Waals surface area contributed by atoms with Crippen molar-refractivity contribution >= 4 is 23.4 Å². The Balaban J connectivity index is 1.71. The lowest BCUT2D eigenvalue weighted by Crippen LogP contribution is -2.37. The fraction of sp³-hybridized carbons (Fsp3) is 0.250. The summed E-state index contributed by atoms with van der Waals surface area (Å²) < 4.78 is 1.04. The topological polar surface area (TPSA) is 44.4 Å². The number of hydrogen-bond acceptors (Lipinski definition) is 3. The molecule has 4 nitrogen and oxygen atoms in total. The molecule has 0 unspecified atom stereocenters. The van der Waals surface area contributed by atoms with Crippen molar-refractivity contribution in [3.8, 4) is 0 Å². The van der Waals surface area contributed by atoms with Crippen molar-refractivity contribution in [2.75, 3.05) is 17.2 Å². The molecule has 0 saturated heterocycles. The largest absolute Gasteiger partial charge is 0.311 e. The molecule has 1 aliphatic rings. The van der Waals surface area contributed by atoms with Gasteiger partial charge in [0.05, 0.1) is 5.75 Å². The summed E-state index contributed by atoms with van der Waals surface area (Å²) in [5, 5.41) is 10.3. The number of benzene rings is 1. The van der Waals surface area contributed by atoms with Gasteiger partial charge in [0.1, 0.15) is 0 Å². The fourth-order valence-corrected chi connectivity index (χ4v) is 3.33. The molecule has 1 amide bonds. The summed E-state index contributed by atoms with van der Waals surface area (Å²) in [6.45, 7) is 0.768. The molecule has 2 heterocycles. The number of carbonyl (C=O) groups is 1. The highest BCUT2D eigenvalue weighted by atomic mass is 32.2. The van der Waals surface area contributed by atoms with Gasteiger partial charge in [0.15, 0.2) is 0 Å². The molecule has 0 fully saturated rings. The van der Waals surface area contributed by atoms with Gasteiger partial charge in [0, 0.05) is 29.1 Å². The van der Waals surface area contributed by atoms with Crippen molar-refractivity contribution in [3.63, 3.8) is 0 Å². The predicted molar refractivity (Wildman–Crippen MR) is 81.7 cm³/mol. The zero-order valence-corrected chi connectivity index (χ0v) is 12.4. The summed E-state index contributed by atoms with van der Waals surface area (Å²) >= 11 is 1.35. The summed E-state index contributed by atoms with van der Waals surface area (Å²) in [5.41, 5.74) is 2.26. The molecule has 1 aromatic heterocycles. The number of aryl methyl sites for hydroxylation is 1. The van der Waals surface area contributed by atoms with E-state index in [-0.39, 0.29) is 5.91 Å². The lowest BCUT2D eigenvalue weighted by Gasteiger charge is -2.29. The molecule has 1 N–H and O–H groups in total. The lowest BCUT2D eigenvalue weighted by molar-refractivity contribution is -0.932. The van der Waals surface area contributed by atoms with E-state index in [2.05, 4.69) is 6.07 Å². The Bertz CT molecular complexity index is 660. The molecule has 0 radical (unpaired) electrons. The number of para-hydroxylation sites is 1. The second-order valence-corrected chi connectivity index (χ2v) is 5.95. The second-order valence-electron chi connectivity index (χ2n) is 4.95. The maximum absolute atomic E-state index is 12.5. The zero-order chi connectivity index (χ0) is 14.7. The van der Waals surface area contributed by atoms with Gasteiger partial charge in [0.25, 0.3) is 5.03 Å². The number of hydrogen-bond donors (Lipinski definition) is 1. The number of fused-ring (bicyclic) bond motifs is 1. The van der Waals surface area contributed by atoms with Crippen molar-refractivity contribution in [2.45, 2.75) is 17.9 Å². The molecule has 0 atom stereocenters. The van der Waals surface area contributed by atoms with Crippen molar-refractivity contribution in [1.29, 1.82) is 0 Å². The van der Waals surface area contributed by atoms with Crippen molar-refractivity contribution in [3.05, 3.63) is 54.2 Å². The first-order valence-corrected chi connectivity index (χ1v) is 7.95. The lowest BCUT2D eigenvalue weighted by atomic mass is 10.0. The van der Waals surface area contributed by atoms with E-state index in [9.17, 15) is 10.0 Å². The second kappa shape index (κ2) is 6.18. The van der Waals surface area contributed by atoms with E-state index in [1.807, 2.05) is 29.2 Å². The highest BCUT2D eigenvalue weighted by Gasteiger charge is 2.23. The Morgan fingerprint density at radius 1 is 1.24 bits per heavy atom. The normalized spacial score (nSPS) is 13.8. The van der Waals surface area contributed by atoms with Crippen LogP contribution in [0.25, 0.3) is 0 Å². The minimum absolute atomic E-state index is 0.0796. The van der Waals surface area contributed by atoms with E-state index in [1.165, 1.54) is 17.3 Å². The van der Waals surface area contributed by atoms with Gasteiger partial charge in [0.2, 0.25) is 12.1 Å². The number of anilines is 1. The third kappa shape index (κ3) is 3.03. The molecule has 1 aromatic carbocycles. The molecule has 108 valence electrons. The first kappa shape index (κ1) is 13.9. The Morgan fingerprint density at radius 2 is 2.05 bits per heavy atom. The average molecular weight is 301 g/mol. The van der Waals surface area contributed by atoms with Crippen LogP contribution in [0, 0.1) is 0 Å². The van der Waals surface area contributed by atoms with Crippen molar-refractivity contribution in [1.82, 2.24) is 0 Å². The molecule has 0 aliphatic carbocycles. The molecule has 0 bridgehead atoms. The Kier molecular flexibility index (Phi) is 4.10. The van der Waals surface area contributed by atoms with Crippen LogP contribution in [0.3, 0.4) is 0 Å². The SMILES string of the molecule is O=C(CSc1cccc[n+]1O)N1CCCc2ccccc21. The monoisotopic (exact) mass is 301 g/mol. The van der Waals surface area contributed by atoms with Gasteiger partial charge in [-0.1, -0.05) is 18.2 Å². The molecule has 21 heavy (non-hydrogen) atoms. The van der Waals surface area contributed by atoms with Gasteiger partial charge in [-0.25, -0.2) is 0 Å². The first-order chi connectivity index (χ1) is 10.3. The maximum atomic E-state index is 12.5. The minimum Gasteiger partial charge on any atom is -0.311 e.